The van der Waals surface area contributed by atoms with Crippen molar-refractivity contribution in [3.8, 4) is 11.5 Å². The Kier molecular flexibility index (Phi) is 16.3. The summed E-state index contributed by atoms with van der Waals surface area (Å²) < 4.78 is 2.63. The fraction of sp³-hybridized carbons (Fsp3) is 0.605. The molecule has 2 aromatic carbocycles. The van der Waals surface area contributed by atoms with E-state index >= 15 is 0 Å². The van der Waals surface area contributed by atoms with Crippen LogP contribution >= 0.6 is 0 Å². The number of phenols is 2. The minimum Gasteiger partial charge on any atom is -0.507 e. The molecule has 2 aliphatic heterocycles. The first-order valence-corrected chi connectivity index (χ1v) is 18.4. The molecular weight excluding hydrogens is 663 g/mol. The SMILES string of the molecule is Cc1cc(C=NC2CCCCC2N=Cc2cc(C(C)(C)C)cc(C(C)(C)C)c2O)c(O)c(CCCN2CCC[N+]3=C2CCCCC3)c1.[CH3-].[CH3-].[Co]. The maximum Gasteiger partial charge on any atom is 0.246 e. The van der Waals surface area contributed by atoms with Gasteiger partial charge in [0.25, 0.3) is 0 Å². The zero-order valence-electron chi connectivity index (χ0n) is 32.7. The zero-order chi connectivity index (χ0) is 33.8. The molecular formula is C43H67CoN4O2-. The monoisotopic (exact) mass is 730 g/mol. The van der Waals surface area contributed by atoms with Crippen molar-refractivity contribution >= 4 is 18.3 Å². The Bertz CT molecular complexity index is 1500. The van der Waals surface area contributed by atoms with Gasteiger partial charge in [-0.25, -0.2) is 0 Å². The minimum absolute atomic E-state index is 0. The van der Waals surface area contributed by atoms with Crippen LogP contribution in [0.5, 0.6) is 11.5 Å². The van der Waals surface area contributed by atoms with Gasteiger partial charge in [-0.05, 0) is 91.5 Å². The Morgan fingerprint density at radius 1 is 0.780 bits per heavy atom. The average molecular weight is 731 g/mol. The van der Waals surface area contributed by atoms with Crippen molar-refractivity contribution in [3.63, 3.8) is 0 Å². The molecule has 1 saturated carbocycles. The third-order valence-corrected chi connectivity index (χ3v) is 10.5. The van der Waals surface area contributed by atoms with Crippen LogP contribution < -0.4 is 0 Å². The smallest absolute Gasteiger partial charge is 0.246 e. The van der Waals surface area contributed by atoms with Crippen molar-refractivity contribution in [2.45, 2.75) is 142 Å². The quantitative estimate of drug-likeness (QED) is 0.162. The van der Waals surface area contributed by atoms with E-state index in [1.807, 2.05) is 12.4 Å². The molecule has 281 valence electrons. The molecule has 0 bridgehead atoms. The van der Waals surface area contributed by atoms with Gasteiger partial charge >= 0.3 is 0 Å². The van der Waals surface area contributed by atoms with E-state index in [1.54, 1.807) is 5.84 Å². The van der Waals surface area contributed by atoms with Crippen LogP contribution in [0.4, 0.5) is 0 Å². The first kappa shape index (κ1) is 43.5. The summed E-state index contributed by atoms with van der Waals surface area (Å²) in [5.74, 6) is 2.26. The first-order chi connectivity index (χ1) is 22.3. The number of aliphatic imine (C=N–C) groups is 2. The van der Waals surface area contributed by atoms with Crippen molar-refractivity contribution in [2.75, 3.05) is 26.2 Å². The third kappa shape index (κ3) is 10.9. The van der Waals surface area contributed by atoms with Gasteiger partial charge in [-0.2, -0.15) is 0 Å². The third-order valence-electron chi connectivity index (χ3n) is 10.5. The van der Waals surface area contributed by atoms with Gasteiger partial charge in [0.15, 0.2) is 0 Å². The number of nitrogens with zero attached hydrogens (tertiary/aromatic N) is 4. The molecule has 2 heterocycles. The van der Waals surface area contributed by atoms with E-state index in [-0.39, 0.29) is 54.5 Å². The minimum atomic E-state index is -0.178. The van der Waals surface area contributed by atoms with Gasteiger partial charge in [-0.1, -0.05) is 66.5 Å². The molecule has 2 aromatic rings. The fourth-order valence-electron chi connectivity index (χ4n) is 7.66. The summed E-state index contributed by atoms with van der Waals surface area (Å²) in [5, 5.41) is 22.6. The van der Waals surface area contributed by atoms with Crippen molar-refractivity contribution in [1.82, 2.24) is 4.90 Å². The Balaban J connectivity index is 0.00000289. The van der Waals surface area contributed by atoms with Gasteiger partial charge in [0.1, 0.15) is 11.5 Å². The topological polar surface area (TPSA) is 71.4 Å². The Hall–Kier alpha value is -2.64. The predicted octanol–water partition coefficient (Wildman–Crippen LogP) is 9.37. The van der Waals surface area contributed by atoms with Crippen LogP contribution in [0.25, 0.3) is 0 Å². The van der Waals surface area contributed by atoms with Gasteiger partial charge < -0.3 is 25.1 Å². The Morgan fingerprint density at radius 3 is 2.02 bits per heavy atom. The van der Waals surface area contributed by atoms with Gasteiger partial charge in [-0.15, -0.1) is 0 Å². The summed E-state index contributed by atoms with van der Waals surface area (Å²) in [7, 11) is 0. The van der Waals surface area contributed by atoms with Crippen LogP contribution in [-0.2, 0) is 34.0 Å². The summed E-state index contributed by atoms with van der Waals surface area (Å²) in [6.45, 7) is 19.8. The number of amidine groups is 1. The van der Waals surface area contributed by atoms with E-state index in [1.165, 1.54) is 50.8 Å². The average Bonchev–Trinajstić information content (AvgIpc) is 3.27. The molecule has 3 aliphatic rings. The van der Waals surface area contributed by atoms with Crippen molar-refractivity contribution in [1.29, 1.82) is 0 Å². The molecule has 2 unspecified atom stereocenters. The van der Waals surface area contributed by atoms with Crippen LogP contribution in [0.3, 0.4) is 0 Å². The molecule has 0 saturated heterocycles. The normalized spacial score (nSPS) is 20.2. The molecule has 1 aliphatic carbocycles. The van der Waals surface area contributed by atoms with Crippen LogP contribution in [0.15, 0.2) is 34.3 Å². The maximum atomic E-state index is 11.4. The largest absolute Gasteiger partial charge is 0.507 e. The summed E-state index contributed by atoms with van der Waals surface area (Å²) >= 11 is 0. The predicted molar refractivity (Wildman–Crippen MR) is 210 cm³/mol. The number of phenolic OH excluding ortho intramolecular Hbond substituents is 2. The molecule has 0 spiro atoms. The Labute approximate surface area is 315 Å². The zero-order valence-corrected chi connectivity index (χ0v) is 33.8. The van der Waals surface area contributed by atoms with Gasteiger partial charge in [-0.3, -0.25) is 19.5 Å². The van der Waals surface area contributed by atoms with E-state index in [0.29, 0.717) is 11.5 Å². The first-order valence-electron chi connectivity index (χ1n) is 18.4. The van der Waals surface area contributed by atoms with Gasteiger partial charge in [0, 0.05) is 58.7 Å². The van der Waals surface area contributed by atoms with E-state index in [2.05, 4.69) is 82.2 Å². The number of benzene rings is 2. The molecule has 1 radical (unpaired) electrons. The van der Waals surface area contributed by atoms with Crippen LogP contribution in [0.1, 0.15) is 139 Å². The second-order valence-corrected chi connectivity index (χ2v) is 16.5. The molecule has 6 nitrogen and oxygen atoms in total. The fourth-order valence-corrected chi connectivity index (χ4v) is 7.66. The van der Waals surface area contributed by atoms with Crippen molar-refractivity contribution in [3.05, 3.63) is 72.5 Å². The standard InChI is InChI=1S/C41H60N4O2.2CH3.Co/c1-29-23-30(15-13-20-45-22-14-21-44-19-12-8-9-18-37(44)45)38(46)31(24-29)27-42-35-16-10-11-17-36(35)43-28-32-25-33(40(2,3)4)26-34(39(32)47)41(5,6)7;;;/h23-28,35-36H,8-22H2,1-7H3,(H-,42,43,46,47);2*1H3;/q;2*-1;/p+1. The number of hydrogen-bond donors (Lipinski definition) is 2. The molecule has 0 aromatic heterocycles. The molecule has 2 atom stereocenters. The second kappa shape index (κ2) is 18.7. The Morgan fingerprint density at radius 2 is 1.40 bits per heavy atom. The van der Waals surface area contributed by atoms with E-state index < -0.39 is 0 Å². The molecule has 2 N–H and O–H groups in total. The molecule has 7 heteroatoms. The number of rotatable bonds is 8. The second-order valence-electron chi connectivity index (χ2n) is 16.5. The number of aryl methyl sites for hydroxylation is 2. The van der Waals surface area contributed by atoms with Crippen LogP contribution in [0.2, 0.25) is 0 Å². The number of aromatic hydroxyl groups is 2. The summed E-state index contributed by atoms with van der Waals surface area (Å²) in [4.78, 5) is 12.7. The van der Waals surface area contributed by atoms with Crippen molar-refractivity contribution in [2.24, 2.45) is 9.98 Å². The van der Waals surface area contributed by atoms with Crippen molar-refractivity contribution < 1.29 is 31.6 Å². The van der Waals surface area contributed by atoms with Crippen LogP contribution in [0, 0.1) is 21.8 Å². The summed E-state index contributed by atoms with van der Waals surface area (Å²) in [6, 6.07) is 8.55. The maximum absolute atomic E-state index is 11.4. The molecule has 5 rings (SSSR count). The molecule has 1 fully saturated rings. The van der Waals surface area contributed by atoms with E-state index in [0.717, 1.165) is 79.4 Å². The van der Waals surface area contributed by atoms with Gasteiger partial charge in [0.2, 0.25) is 5.84 Å². The van der Waals surface area contributed by atoms with E-state index in [9.17, 15) is 10.2 Å². The molecule has 50 heavy (non-hydrogen) atoms. The van der Waals surface area contributed by atoms with Crippen LogP contribution in [-0.4, -0.2) is 76.2 Å². The summed E-state index contributed by atoms with van der Waals surface area (Å²) in [5.41, 5.74) is 5.71. The number of hydrogen-bond acceptors (Lipinski definition) is 5. The van der Waals surface area contributed by atoms with Gasteiger partial charge in [0.05, 0.1) is 38.3 Å². The summed E-state index contributed by atoms with van der Waals surface area (Å²) in [6.07, 6.45) is 16.3. The molecule has 0 amide bonds. The van der Waals surface area contributed by atoms with E-state index in [4.69, 9.17) is 9.98 Å².